The number of hydrogen-bond donors (Lipinski definition) is 1. The van der Waals surface area contributed by atoms with E-state index in [1.807, 2.05) is 19.9 Å². The first-order valence-electron chi connectivity index (χ1n) is 6.28. The number of rotatable bonds is 4. The van der Waals surface area contributed by atoms with Crippen molar-refractivity contribution in [1.29, 1.82) is 0 Å². The Morgan fingerprint density at radius 3 is 2.70 bits per heavy atom. The number of pyridine rings is 1. The van der Waals surface area contributed by atoms with Crippen molar-refractivity contribution >= 4 is 15.9 Å². The van der Waals surface area contributed by atoms with Crippen molar-refractivity contribution < 1.29 is 4.74 Å². The minimum Gasteiger partial charge on any atom is -0.481 e. The Morgan fingerprint density at radius 2 is 2.15 bits per heavy atom. The molecule has 0 unspecified atom stereocenters. The molecule has 6 heteroatoms. The van der Waals surface area contributed by atoms with Gasteiger partial charge in [-0.05, 0) is 27.4 Å². The second kappa shape index (κ2) is 6.17. The molecule has 0 radical (unpaired) electrons. The van der Waals surface area contributed by atoms with Gasteiger partial charge in [0.05, 0.1) is 12.8 Å². The van der Waals surface area contributed by atoms with E-state index >= 15 is 0 Å². The van der Waals surface area contributed by atoms with Gasteiger partial charge in [-0.3, -0.25) is 4.79 Å². The fourth-order valence-corrected chi connectivity index (χ4v) is 2.47. The number of halogens is 1. The van der Waals surface area contributed by atoms with Gasteiger partial charge < -0.3 is 9.72 Å². The molecule has 0 saturated heterocycles. The summed E-state index contributed by atoms with van der Waals surface area (Å²) in [6.07, 6.45) is 2.25. The van der Waals surface area contributed by atoms with E-state index in [9.17, 15) is 4.79 Å². The molecular weight excluding hydrogens is 322 g/mol. The highest BCUT2D eigenvalue weighted by molar-refractivity contribution is 9.10. The van der Waals surface area contributed by atoms with Crippen molar-refractivity contribution in [2.45, 2.75) is 26.2 Å². The minimum absolute atomic E-state index is 0.153. The van der Waals surface area contributed by atoms with Crippen molar-refractivity contribution in [2.24, 2.45) is 0 Å². The Hall–Kier alpha value is -1.69. The lowest BCUT2D eigenvalue weighted by molar-refractivity contribution is 0.397. The molecule has 2 rings (SSSR count). The van der Waals surface area contributed by atoms with E-state index in [0.717, 1.165) is 11.3 Å². The minimum atomic E-state index is -0.153. The molecule has 2 aromatic heterocycles. The molecule has 0 aromatic carbocycles. The smallest absolute Gasteiger partial charge is 0.265 e. The van der Waals surface area contributed by atoms with E-state index in [1.54, 1.807) is 19.4 Å². The zero-order valence-electron chi connectivity index (χ0n) is 11.6. The standard InChI is InChI=1S/C14H16BrN3O2/c1-8(2)13-12(15)14(19)18-10(17-13)6-9-4-5-11(20-3)16-7-9/h4-5,7-8H,6H2,1-3H3,(H,17,18,19). The van der Waals surface area contributed by atoms with E-state index in [0.29, 0.717) is 22.6 Å². The van der Waals surface area contributed by atoms with Gasteiger partial charge in [0.25, 0.3) is 5.56 Å². The van der Waals surface area contributed by atoms with Gasteiger partial charge in [0.2, 0.25) is 5.88 Å². The Morgan fingerprint density at radius 1 is 1.40 bits per heavy atom. The van der Waals surface area contributed by atoms with Crippen LogP contribution in [0.1, 0.15) is 36.8 Å². The first kappa shape index (κ1) is 14.7. The molecule has 0 aliphatic carbocycles. The van der Waals surface area contributed by atoms with E-state index in [1.165, 1.54) is 0 Å². The summed E-state index contributed by atoms with van der Waals surface area (Å²) in [7, 11) is 1.57. The Balaban J connectivity index is 2.31. The number of hydrogen-bond acceptors (Lipinski definition) is 4. The quantitative estimate of drug-likeness (QED) is 0.931. The fraction of sp³-hybridized carbons (Fsp3) is 0.357. The molecule has 20 heavy (non-hydrogen) atoms. The van der Waals surface area contributed by atoms with E-state index in [2.05, 4.69) is 30.9 Å². The normalized spacial score (nSPS) is 10.8. The van der Waals surface area contributed by atoms with Gasteiger partial charge in [-0.2, -0.15) is 0 Å². The van der Waals surface area contributed by atoms with Crippen molar-refractivity contribution in [3.05, 3.63) is 50.2 Å². The summed E-state index contributed by atoms with van der Waals surface area (Å²) in [5.41, 5.74) is 1.58. The number of aromatic amines is 1. The van der Waals surface area contributed by atoms with Gasteiger partial charge in [-0.25, -0.2) is 9.97 Å². The van der Waals surface area contributed by atoms with Crippen LogP contribution in [0.5, 0.6) is 5.88 Å². The molecular formula is C14H16BrN3O2. The second-order valence-corrected chi connectivity index (χ2v) is 5.55. The highest BCUT2D eigenvalue weighted by Crippen LogP contribution is 2.19. The maximum atomic E-state index is 11.9. The molecule has 0 bridgehead atoms. The fourth-order valence-electron chi connectivity index (χ4n) is 1.82. The molecule has 0 fully saturated rings. The second-order valence-electron chi connectivity index (χ2n) is 4.75. The van der Waals surface area contributed by atoms with E-state index in [-0.39, 0.29) is 11.5 Å². The molecule has 5 nitrogen and oxygen atoms in total. The van der Waals surface area contributed by atoms with Crippen LogP contribution >= 0.6 is 15.9 Å². The van der Waals surface area contributed by atoms with Crippen molar-refractivity contribution in [2.75, 3.05) is 7.11 Å². The molecule has 0 amide bonds. The van der Waals surface area contributed by atoms with E-state index in [4.69, 9.17) is 4.74 Å². The van der Waals surface area contributed by atoms with Crippen LogP contribution in [-0.4, -0.2) is 22.1 Å². The van der Waals surface area contributed by atoms with Gasteiger partial charge in [0.1, 0.15) is 10.3 Å². The maximum absolute atomic E-state index is 11.9. The van der Waals surface area contributed by atoms with Crippen molar-refractivity contribution in [3.63, 3.8) is 0 Å². The van der Waals surface area contributed by atoms with Crippen LogP contribution in [0.3, 0.4) is 0 Å². The highest BCUT2D eigenvalue weighted by atomic mass is 79.9. The summed E-state index contributed by atoms with van der Waals surface area (Å²) in [6, 6.07) is 3.69. The number of ether oxygens (including phenoxy) is 1. The maximum Gasteiger partial charge on any atom is 0.265 e. The summed E-state index contributed by atoms with van der Waals surface area (Å²) >= 11 is 3.28. The number of methoxy groups -OCH3 is 1. The molecule has 106 valence electrons. The van der Waals surface area contributed by atoms with Gasteiger partial charge >= 0.3 is 0 Å². The third-order valence-corrected chi connectivity index (χ3v) is 3.63. The Kier molecular flexibility index (Phi) is 4.54. The Labute approximate surface area is 125 Å². The highest BCUT2D eigenvalue weighted by Gasteiger charge is 2.12. The average molecular weight is 338 g/mol. The number of aromatic nitrogens is 3. The summed E-state index contributed by atoms with van der Waals surface area (Å²) in [4.78, 5) is 23.3. The summed E-state index contributed by atoms with van der Waals surface area (Å²) in [5, 5.41) is 0. The van der Waals surface area contributed by atoms with Gasteiger partial charge in [-0.15, -0.1) is 0 Å². The summed E-state index contributed by atoms with van der Waals surface area (Å²) in [6.45, 7) is 4.01. The predicted octanol–water partition coefficient (Wildman–Crippen LogP) is 2.65. The van der Waals surface area contributed by atoms with Crippen LogP contribution in [0.15, 0.2) is 27.6 Å². The topological polar surface area (TPSA) is 67.9 Å². The molecule has 0 atom stereocenters. The van der Waals surface area contributed by atoms with Crippen LogP contribution in [0.25, 0.3) is 0 Å². The zero-order chi connectivity index (χ0) is 14.7. The van der Waals surface area contributed by atoms with Gasteiger partial charge in [-0.1, -0.05) is 19.9 Å². The molecule has 0 aliphatic rings. The van der Waals surface area contributed by atoms with Crippen LogP contribution < -0.4 is 10.3 Å². The van der Waals surface area contributed by atoms with Gasteiger partial charge in [0, 0.05) is 18.7 Å². The lowest BCUT2D eigenvalue weighted by Crippen LogP contribution is -2.16. The summed E-state index contributed by atoms with van der Waals surface area (Å²) in [5.74, 6) is 1.38. The SMILES string of the molecule is COc1ccc(Cc2nc(C(C)C)c(Br)c(=O)[nH]2)cn1. The number of nitrogens with zero attached hydrogens (tertiary/aromatic N) is 2. The lowest BCUT2D eigenvalue weighted by atomic mass is 10.1. The molecule has 2 aromatic rings. The lowest BCUT2D eigenvalue weighted by Gasteiger charge is -2.09. The largest absolute Gasteiger partial charge is 0.481 e. The first-order chi connectivity index (χ1) is 9.51. The molecule has 0 spiro atoms. The van der Waals surface area contributed by atoms with Crippen molar-refractivity contribution in [3.8, 4) is 5.88 Å². The number of nitrogens with one attached hydrogen (secondary N) is 1. The predicted molar refractivity (Wildman–Crippen MR) is 80.2 cm³/mol. The average Bonchev–Trinajstić information content (AvgIpc) is 2.43. The zero-order valence-corrected chi connectivity index (χ0v) is 13.2. The first-order valence-corrected chi connectivity index (χ1v) is 7.08. The van der Waals surface area contributed by atoms with Crippen LogP contribution in [0, 0.1) is 0 Å². The van der Waals surface area contributed by atoms with Crippen LogP contribution in [-0.2, 0) is 6.42 Å². The molecule has 0 aliphatic heterocycles. The van der Waals surface area contributed by atoms with Crippen LogP contribution in [0.4, 0.5) is 0 Å². The van der Waals surface area contributed by atoms with Crippen LogP contribution in [0.2, 0.25) is 0 Å². The van der Waals surface area contributed by atoms with Gasteiger partial charge in [0.15, 0.2) is 0 Å². The Bertz CT molecular complexity index is 650. The molecule has 0 saturated carbocycles. The summed E-state index contributed by atoms with van der Waals surface area (Å²) < 4.78 is 5.52. The van der Waals surface area contributed by atoms with E-state index < -0.39 is 0 Å². The third kappa shape index (κ3) is 3.25. The number of H-pyrrole nitrogens is 1. The van der Waals surface area contributed by atoms with Crippen molar-refractivity contribution in [1.82, 2.24) is 15.0 Å². The monoisotopic (exact) mass is 337 g/mol. The molecule has 2 heterocycles. The third-order valence-electron chi connectivity index (χ3n) is 2.86. The molecule has 1 N–H and O–H groups in total.